The predicted molar refractivity (Wildman–Crippen MR) is 92.5 cm³/mol. The highest BCUT2D eigenvalue weighted by Gasteiger charge is 2.35. The number of aryl methyl sites for hydroxylation is 2. The van der Waals surface area contributed by atoms with Crippen molar-refractivity contribution in [3.63, 3.8) is 0 Å². The second-order valence-corrected chi connectivity index (χ2v) is 6.21. The van der Waals surface area contributed by atoms with Crippen LogP contribution in [0.4, 0.5) is 5.69 Å². The van der Waals surface area contributed by atoms with Gasteiger partial charge in [-0.2, -0.15) is 0 Å². The van der Waals surface area contributed by atoms with Gasteiger partial charge in [-0.1, -0.05) is 12.1 Å². The van der Waals surface area contributed by atoms with E-state index >= 15 is 0 Å². The number of aromatic nitrogens is 1. The van der Waals surface area contributed by atoms with Gasteiger partial charge in [-0.25, -0.2) is 0 Å². The summed E-state index contributed by atoms with van der Waals surface area (Å²) in [5.41, 5.74) is 4.00. The molecule has 0 bridgehead atoms. The highest BCUT2D eigenvalue weighted by Crippen LogP contribution is 2.26. The van der Waals surface area contributed by atoms with Gasteiger partial charge in [0.25, 0.3) is 0 Å². The molecule has 1 fully saturated rings. The van der Waals surface area contributed by atoms with Gasteiger partial charge >= 0.3 is 0 Å². The number of carbonyl (C=O) groups is 2. The van der Waals surface area contributed by atoms with E-state index < -0.39 is 0 Å². The minimum Gasteiger partial charge on any atom is -0.350 e. The standard InChI is InChI=1S/C19H21N3O2/c1-13-6-7-17(9-14(13)2)22-12-15(10-18(22)23)19(24)21-11-16-5-3-4-8-20-16/h3-9,15H,10-12H2,1-2H3,(H,21,24)/t15-/m0/s1. The molecule has 24 heavy (non-hydrogen) atoms. The molecule has 0 radical (unpaired) electrons. The summed E-state index contributed by atoms with van der Waals surface area (Å²) >= 11 is 0. The monoisotopic (exact) mass is 323 g/mol. The third kappa shape index (κ3) is 3.45. The number of amides is 2. The minimum atomic E-state index is -0.317. The Morgan fingerprint density at radius 3 is 2.79 bits per heavy atom. The van der Waals surface area contributed by atoms with Crippen molar-refractivity contribution >= 4 is 17.5 Å². The van der Waals surface area contributed by atoms with Crippen LogP contribution in [0.1, 0.15) is 23.2 Å². The topological polar surface area (TPSA) is 62.3 Å². The fourth-order valence-electron chi connectivity index (χ4n) is 2.85. The summed E-state index contributed by atoms with van der Waals surface area (Å²) in [6, 6.07) is 11.5. The predicted octanol–water partition coefficient (Wildman–Crippen LogP) is 2.37. The summed E-state index contributed by atoms with van der Waals surface area (Å²) in [6.07, 6.45) is 1.95. The SMILES string of the molecule is Cc1ccc(N2C[C@@H](C(=O)NCc3ccccn3)CC2=O)cc1C. The van der Waals surface area contributed by atoms with E-state index in [4.69, 9.17) is 0 Å². The molecule has 1 aliphatic rings. The van der Waals surface area contributed by atoms with Crippen LogP contribution >= 0.6 is 0 Å². The van der Waals surface area contributed by atoms with E-state index in [0.717, 1.165) is 16.9 Å². The Morgan fingerprint density at radius 1 is 1.25 bits per heavy atom. The average Bonchev–Trinajstić information content (AvgIpc) is 2.98. The number of anilines is 1. The zero-order valence-electron chi connectivity index (χ0n) is 14.0. The normalized spacial score (nSPS) is 17.2. The summed E-state index contributed by atoms with van der Waals surface area (Å²) in [6.45, 7) is 4.87. The maximum Gasteiger partial charge on any atom is 0.227 e. The van der Waals surface area contributed by atoms with E-state index in [1.807, 2.05) is 50.2 Å². The third-order valence-corrected chi connectivity index (χ3v) is 4.47. The van der Waals surface area contributed by atoms with Crippen LogP contribution in [0.2, 0.25) is 0 Å². The molecule has 0 saturated carbocycles. The maximum atomic E-state index is 12.3. The molecule has 1 aliphatic heterocycles. The van der Waals surface area contributed by atoms with Crippen molar-refractivity contribution in [2.24, 2.45) is 5.92 Å². The lowest BCUT2D eigenvalue weighted by Gasteiger charge is -2.18. The molecule has 1 aromatic carbocycles. The molecule has 5 nitrogen and oxygen atoms in total. The van der Waals surface area contributed by atoms with Crippen molar-refractivity contribution in [3.05, 3.63) is 59.4 Å². The second kappa shape index (κ2) is 6.83. The van der Waals surface area contributed by atoms with Gasteiger partial charge in [0, 0.05) is 24.8 Å². The molecular weight excluding hydrogens is 302 g/mol. The Kier molecular flexibility index (Phi) is 4.60. The lowest BCUT2D eigenvalue weighted by Crippen LogP contribution is -2.32. The van der Waals surface area contributed by atoms with Crippen molar-refractivity contribution in [3.8, 4) is 0 Å². The smallest absolute Gasteiger partial charge is 0.227 e. The van der Waals surface area contributed by atoms with Crippen LogP contribution in [-0.4, -0.2) is 23.3 Å². The zero-order valence-corrected chi connectivity index (χ0v) is 14.0. The Labute approximate surface area is 141 Å². The van der Waals surface area contributed by atoms with Crippen molar-refractivity contribution in [1.82, 2.24) is 10.3 Å². The van der Waals surface area contributed by atoms with Crippen LogP contribution in [-0.2, 0) is 16.1 Å². The van der Waals surface area contributed by atoms with Gasteiger partial charge in [0.05, 0.1) is 18.2 Å². The summed E-state index contributed by atoms with van der Waals surface area (Å²) in [4.78, 5) is 30.5. The molecule has 2 aromatic rings. The first-order valence-electron chi connectivity index (χ1n) is 8.10. The molecule has 1 atom stereocenters. The summed E-state index contributed by atoms with van der Waals surface area (Å²) in [7, 11) is 0. The van der Waals surface area contributed by atoms with E-state index in [-0.39, 0.29) is 24.2 Å². The highest BCUT2D eigenvalue weighted by molar-refractivity contribution is 6.00. The average molecular weight is 323 g/mol. The van der Waals surface area contributed by atoms with Crippen molar-refractivity contribution in [1.29, 1.82) is 0 Å². The van der Waals surface area contributed by atoms with E-state index in [9.17, 15) is 9.59 Å². The number of nitrogens with zero attached hydrogens (tertiary/aromatic N) is 2. The Bertz CT molecular complexity index is 758. The van der Waals surface area contributed by atoms with Gasteiger partial charge in [-0.3, -0.25) is 14.6 Å². The summed E-state index contributed by atoms with van der Waals surface area (Å²) in [5, 5.41) is 2.87. The van der Waals surface area contributed by atoms with Crippen LogP contribution in [0.5, 0.6) is 0 Å². The molecule has 3 rings (SSSR count). The molecule has 2 heterocycles. The molecule has 1 saturated heterocycles. The van der Waals surface area contributed by atoms with Crippen LogP contribution in [0.25, 0.3) is 0 Å². The van der Waals surface area contributed by atoms with E-state index in [1.54, 1.807) is 11.1 Å². The second-order valence-electron chi connectivity index (χ2n) is 6.21. The van der Waals surface area contributed by atoms with Crippen LogP contribution in [0.3, 0.4) is 0 Å². The Morgan fingerprint density at radius 2 is 2.08 bits per heavy atom. The highest BCUT2D eigenvalue weighted by atomic mass is 16.2. The molecule has 1 N–H and O–H groups in total. The molecule has 5 heteroatoms. The lowest BCUT2D eigenvalue weighted by molar-refractivity contribution is -0.126. The fraction of sp³-hybridized carbons (Fsp3) is 0.316. The fourth-order valence-corrected chi connectivity index (χ4v) is 2.85. The van der Waals surface area contributed by atoms with Crippen LogP contribution < -0.4 is 10.2 Å². The molecular formula is C19H21N3O2. The first-order valence-corrected chi connectivity index (χ1v) is 8.10. The Hall–Kier alpha value is -2.69. The van der Waals surface area contributed by atoms with Crippen LogP contribution in [0, 0.1) is 19.8 Å². The van der Waals surface area contributed by atoms with Gasteiger partial charge in [0.2, 0.25) is 11.8 Å². The molecule has 0 spiro atoms. The molecule has 0 aliphatic carbocycles. The molecule has 2 amide bonds. The number of rotatable bonds is 4. The largest absolute Gasteiger partial charge is 0.350 e. The third-order valence-electron chi connectivity index (χ3n) is 4.47. The van der Waals surface area contributed by atoms with E-state index in [1.165, 1.54) is 5.56 Å². The van der Waals surface area contributed by atoms with E-state index in [2.05, 4.69) is 10.3 Å². The Balaban J connectivity index is 1.63. The number of hydrogen-bond donors (Lipinski definition) is 1. The van der Waals surface area contributed by atoms with Gasteiger partial charge < -0.3 is 10.2 Å². The number of pyridine rings is 1. The van der Waals surface area contributed by atoms with Gasteiger partial charge in [-0.15, -0.1) is 0 Å². The first kappa shape index (κ1) is 16.2. The zero-order chi connectivity index (χ0) is 17.1. The summed E-state index contributed by atoms with van der Waals surface area (Å²) < 4.78 is 0. The van der Waals surface area contributed by atoms with Crippen molar-refractivity contribution < 1.29 is 9.59 Å². The molecule has 0 unspecified atom stereocenters. The number of benzene rings is 1. The van der Waals surface area contributed by atoms with Gasteiger partial charge in [0.1, 0.15) is 0 Å². The maximum absolute atomic E-state index is 12.3. The minimum absolute atomic E-state index is 0.00348. The quantitative estimate of drug-likeness (QED) is 0.939. The lowest BCUT2D eigenvalue weighted by atomic mass is 10.1. The molecule has 1 aromatic heterocycles. The van der Waals surface area contributed by atoms with Crippen molar-refractivity contribution in [2.75, 3.05) is 11.4 Å². The summed E-state index contributed by atoms with van der Waals surface area (Å²) in [5.74, 6) is -0.417. The molecule has 124 valence electrons. The van der Waals surface area contributed by atoms with Crippen LogP contribution in [0.15, 0.2) is 42.6 Å². The van der Waals surface area contributed by atoms with Crippen molar-refractivity contribution in [2.45, 2.75) is 26.8 Å². The number of hydrogen-bond acceptors (Lipinski definition) is 3. The van der Waals surface area contributed by atoms with E-state index in [0.29, 0.717) is 13.1 Å². The number of nitrogens with one attached hydrogen (secondary N) is 1. The van der Waals surface area contributed by atoms with Gasteiger partial charge in [-0.05, 0) is 49.2 Å². The van der Waals surface area contributed by atoms with Gasteiger partial charge in [0.15, 0.2) is 0 Å². The number of carbonyl (C=O) groups excluding carboxylic acids is 2. The first-order chi connectivity index (χ1) is 11.5.